The molecule has 0 unspecified atom stereocenters. The van der Waals surface area contributed by atoms with Crippen molar-refractivity contribution in [2.75, 3.05) is 46.4 Å². The van der Waals surface area contributed by atoms with Gasteiger partial charge in [-0.1, -0.05) is 11.6 Å². The van der Waals surface area contributed by atoms with Crippen LogP contribution in [0.4, 0.5) is 0 Å². The smallest absolute Gasteiger partial charge is 0.136 e. The van der Waals surface area contributed by atoms with Crippen LogP contribution in [0.1, 0.15) is 18.4 Å². The quantitative estimate of drug-likeness (QED) is 0.707. The molecular formula is C16H26BrClN2O+2. The Labute approximate surface area is 141 Å². The van der Waals surface area contributed by atoms with Crippen LogP contribution in [0.5, 0.6) is 5.75 Å². The lowest BCUT2D eigenvalue weighted by Gasteiger charge is -2.27. The highest BCUT2D eigenvalue weighted by Crippen LogP contribution is 2.32. The molecule has 3 nitrogen and oxygen atoms in total. The topological polar surface area (TPSA) is 18.1 Å². The fourth-order valence-corrected chi connectivity index (χ4v) is 3.88. The van der Waals surface area contributed by atoms with Gasteiger partial charge in [0.15, 0.2) is 0 Å². The van der Waals surface area contributed by atoms with Crippen molar-refractivity contribution < 1.29 is 14.5 Å². The van der Waals surface area contributed by atoms with Crippen LogP contribution in [0.25, 0.3) is 0 Å². The number of ether oxygens (including phenoxy) is 1. The van der Waals surface area contributed by atoms with Crippen molar-refractivity contribution in [3.8, 4) is 5.75 Å². The molecule has 1 saturated heterocycles. The second kappa shape index (κ2) is 8.37. The molecule has 1 aromatic carbocycles. The first-order chi connectivity index (χ1) is 10.1. The SMILES string of the molecule is Cc1cc(Cl)cc(Br)c1OCCCC[NH+]1CC[NH+](C)CC1. The predicted molar refractivity (Wildman–Crippen MR) is 90.8 cm³/mol. The van der Waals surface area contributed by atoms with Crippen molar-refractivity contribution in [2.24, 2.45) is 0 Å². The molecule has 0 atom stereocenters. The molecule has 21 heavy (non-hydrogen) atoms. The number of nitrogens with one attached hydrogen (secondary N) is 2. The zero-order valence-electron chi connectivity index (χ0n) is 13.0. The highest BCUT2D eigenvalue weighted by molar-refractivity contribution is 9.10. The standard InChI is InChI=1S/C16H24BrClN2O/c1-13-11-14(18)12-15(17)16(13)21-10-4-3-5-20-8-6-19(2)7-9-20/h11-12H,3-10H2,1-2H3/p+2. The van der Waals surface area contributed by atoms with Gasteiger partial charge in [-0.05, 0) is 53.4 Å². The van der Waals surface area contributed by atoms with Crippen LogP contribution in [-0.4, -0.2) is 46.4 Å². The summed E-state index contributed by atoms with van der Waals surface area (Å²) >= 11 is 9.53. The van der Waals surface area contributed by atoms with Gasteiger partial charge in [0.25, 0.3) is 0 Å². The molecule has 1 aliphatic rings. The molecular weight excluding hydrogens is 352 g/mol. The molecule has 0 radical (unpaired) electrons. The van der Waals surface area contributed by atoms with E-state index in [2.05, 4.69) is 23.0 Å². The summed E-state index contributed by atoms with van der Waals surface area (Å²) in [6, 6.07) is 3.83. The van der Waals surface area contributed by atoms with Crippen molar-refractivity contribution in [1.29, 1.82) is 0 Å². The van der Waals surface area contributed by atoms with Crippen LogP contribution in [0.3, 0.4) is 0 Å². The number of likely N-dealkylation sites (N-methyl/N-ethyl adjacent to an activating group) is 1. The summed E-state index contributed by atoms with van der Waals surface area (Å²) in [5, 5.41) is 0.743. The average Bonchev–Trinajstić information content (AvgIpc) is 2.43. The van der Waals surface area contributed by atoms with Crippen LogP contribution in [0, 0.1) is 6.92 Å². The molecule has 5 heteroatoms. The van der Waals surface area contributed by atoms with Gasteiger partial charge in [-0.25, -0.2) is 0 Å². The third-order valence-corrected chi connectivity index (χ3v) is 4.98. The number of rotatable bonds is 6. The predicted octanol–water partition coefficient (Wildman–Crippen LogP) is 0.983. The zero-order valence-corrected chi connectivity index (χ0v) is 15.3. The first-order valence-electron chi connectivity index (χ1n) is 7.79. The lowest BCUT2D eigenvalue weighted by atomic mass is 10.2. The van der Waals surface area contributed by atoms with Crippen molar-refractivity contribution >= 4 is 27.5 Å². The van der Waals surface area contributed by atoms with Crippen LogP contribution < -0.4 is 14.5 Å². The zero-order chi connectivity index (χ0) is 15.2. The monoisotopic (exact) mass is 376 g/mol. The van der Waals surface area contributed by atoms with Gasteiger partial charge in [0, 0.05) is 5.02 Å². The molecule has 2 N–H and O–H groups in total. The van der Waals surface area contributed by atoms with Gasteiger partial charge in [-0.15, -0.1) is 0 Å². The highest BCUT2D eigenvalue weighted by atomic mass is 79.9. The maximum Gasteiger partial charge on any atom is 0.136 e. The number of halogens is 2. The Bertz CT molecular complexity index is 439. The second-order valence-corrected chi connectivity index (χ2v) is 7.34. The molecule has 1 fully saturated rings. The summed E-state index contributed by atoms with van der Waals surface area (Å²) in [5.41, 5.74) is 1.09. The molecule has 0 amide bonds. The molecule has 0 aliphatic carbocycles. The number of unbranched alkanes of at least 4 members (excludes halogenated alkanes) is 1. The maximum atomic E-state index is 6.01. The minimum atomic E-state index is 0.743. The number of hydrogen-bond donors (Lipinski definition) is 2. The van der Waals surface area contributed by atoms with E-state index in [0.717, 1.165) is 33.8 Å². The Balaban J connectivity index is 1.66. The summed E-state index contributed by atoms with van der Waals surface area (Å²) in [5.74, 6) is 0.926. The Morgan fingerprint density at radius 3 is 2.57 bits per heavy atom. The number of quaternary nitrogens is 2. The molecule has 1 aliphatic heterocycles. The normalized spacial score (nSPS) is 22.3. The number of aryl methyl sites for hydroxylation is 1. The molecule has 0 spiro atoms. The summed E-state index contributed by atoms with van der Waals surface area (Å²) in [7, 11) is 2.29. The van der Waals surface area contributed by atoms with E-state index in [4.69, 9.17) is 16.3 Å². The van der Waals surface area contributed by atoms with Gasteiger partial charge < -0.3 is 14.5 Å². The maximum absolute atomic E-state index is 6.01. The highest BCUT2D eigenvalue weighted by Gasteiger charge is 2.18. The summed E-state index contributed by atoms with van der Waals surface area (Å²) in [6.07, 6.45) is 2.35. The van der Waals surface area contributed by atoms with Gasteiger partial charge in [0.1, 0.15) is 31.9 Å². The lowest BCUT2D eigenvalue weighted by Crippen LogP contribution is -3.27. The van der Waals surface area contributed by atoms with E-state index in [-0.39, 0.29) is 0 Å². The van der Waals surface area contributed by atoms with E-state index in [1.54, 1.807) is 9.80 Å². The number of piperazine rings is 1. The van der Waals surface area contributed by atoms with E-state index in [0.29, 0.717) is 0 Å². The van der Waals surface area contributed by atoms with Crippen molar-refractivity contribution in [1.82, 2.24) is 0 Å². The van der Waals surface area contributed by atoms with Crippen molar-refractivity contribution in [2.45, 2.75) is 19.8 Å². The van der Waals surface area contributed by atoms with Gasteiger partial charge in [0.05, 0.1) is 24.7 Å². The Hall–Kier alpha value is -0.290. The molecule has 0 bridgehead atoms. The summed E-state index contributed by atoms with van der Waals surface area (Å²) < 4.78 is 6.85. The van der Waals surface area contributed by atoms with E-state index >= 15 is 0 Å². The first kappa shape index (κ1) is 17.1. The minimum absolute atomic E-state index is 0.743. The van der Waals surface area contributed by atoms with E-state index in [1.165, 1.54) is 39.1 Å². The van der Waals surface area contributed by atoms with E-state index < -0.39 is 0 Å². The summed E-state index contributed by atoms with van der Waals surface area (Å²) in [6.45, 7) is 9.33. The molecule has 118 valence electrons. The van der Waals surface area contributed by atoms with Crippen molar-refractivity contribution in [3.63, 3.8) is 0 Å². The third kappa shape index (κ3) is 5.44. The van der Waals surface area contributed by atoms with Gasteiger partial charge in [-0.2, -0.15) is 0 Å². The second-order valence-electron chi connectivity index (χ2n) is 6.05. The van der Waals surface area contributed by atoms with E-state index in [9.17, 15) is 0 Å². The average molecular weight is 378 g/mol. The molecule has 1 aromatic rings. The minimum Gasteiger partial charge on any atom is -0.492 e. The number of benzene rings is 1. The molecule has 0 aromatic heterocycles. The first-order valence-corrected chi connectivity index (χ1v) is 8.96. The van der Waals surface area contributed by atoms with Crippen LogP contribution in [0.2, 0.25) is 5.02 Å². The Morgan fingerprint density at radius 1 is 1.19 bits per heavy atom. The van der Waals surface area contributed by atoms with Crippen LogP contribution >= 0.6 is 27.5 Å². The van der Waals surface area contributed by atoms with Gasteiger partial charge >= 0.3 is 0 Å². The lowest BCUT2D eigenvalue weighted by molar-refractivity contribution is -1.00. The Kier molecular flexibility index (Phi) is 6.80. The largest absolute Gasteiger partial charge is 0.492 e. The third-order valence-electron chi connectivity index (χ3n) is 4.18. The van der Waals surface area contributed by atoms with Gasteiger partial charge in [-0.3, -0.25) is 0 Å². The van der Waals surface area contributed by atoms with Crippen LogP contribution in [-0.2, 0) is 0 Å². The van der Waals surface area contributed by atoms with Crippen molar-refractivity contribution in [3.05, 3.63) is 27.2 Å². The molecule has 2 rings (SSSR count). The fourth-order valence-electron chi connectivity index (χ4n) is 2.80. The number of hydrogen-bond acceptors (Lipinski definition) is 1. The fraction of sp³-hybridized carbons (Fsp3) is 0.625. The summed E-state index contributed by atoms with van der Waals surface area (Å²) in [4.78, 5) is 3.43. The molecule has 0 saturated carbocycles. The van der Waals surface area contributed by atoms with Gasteiger partial charge in [0.2, 0.25) is 0 Å². The Morgan fingerprint density at radius 2 is 1.90 bits per heavy atom. The van der Waals surface area contributed by atoms with E-state index in [1.807, 2.05) is 19.1 Å². The molecule has 1 heterocycles. The van der Waals surface area contributed by atoms with Crippen LogP contribution in [0.15, 0.2) is 16.6 Å².